The van der Waals surface area contributed by atoms with Gasteiger partial charge in [-0.25, -0.2) is 14.4 Å². The van der Waals surface area contributed by atoms with E-state index in [9.17, 15) is 28.4 Å². The van der Waals surface area contributed by atoms with Crippen LogP contribution in [0.3, 0.4) is 0 Å². The zero-order valence-corrected chi connectivity index (χ0v) is 30.4. The van der Waals surface area contributed by atoms with Gasteiger partial charge in [-0.15, -0.1) is 0 Å². The average Bonchev–Trinajstić information content (AvgIpc) is 3.76. The number of carbonyl (C=O) groups excluding carboxylic acids is 3. The van der Waals surface area contributed by atoms with Crippen LogP contribution in [0, 0.1) is 11.1 Å². The van der Waals surface area contributed by atoms with Crippen molar-refractivity contribution in [3.63, 3.8) is 0 Å². The van der Waals surface area contributed by atoms with Crippen LogP contribution in [0.25, 0.3) is 0 Å². The first-order valence-corrected chi connectivity index (χ1v) is 17.3. The number of methoxy groups -OCH3 is 1. The highest BCUT2D eigenvalue weighted by molar-refractivity contribution is 6.35. The number of pyridine rings is 1. The monoisotopic (exact) mass is 766 g/mol. The lowest BCUT2D eigenvalue weighted by molar-refractivity contribution is -0.605. The smallest absolute Gasteiger partial charge is 0.411 e. The van der Waals surface area contributed by atoms with Gasteiger partial charge < -0.3 is 33.6 Å². The lowest BCUT2D eigenvalue weighted by atomic mass is 10.0. The standard InChI is InChI=1S/C36H38Cl2F2N2O10/c1-36(2,3)52-35(45)42-13-5-6-26(42)33(44)50-31-15-22(10-11-27(31)47-4)32(43)49-29(16-23-24(37)17-41(46)18-25(23)38)21-9-12-28(51-34(39)40)30(14-21)48-19-20-7-8-20/h9-12,14-15,17-18,20,26,29,34H,5-8,13,16,19H2,1-4H3. The van der Waals surface area contributed by atoms with Crippen LogP contribution in [0.15, 0.2) is 48.8 Å². The first kappa shape index (κ1) is 38.7. The van der Waals surface area contributed by atoms with Gasteiger partial charge in [-0.05, 0) is 88.3 Å². The Kier molecular flexibility index (Phi) is 12.2. The van der Waals surface area contributed by atoms with Gasteiger partial charge in [0.2, 0.25) is 0 Å². The molecule has 5 rings (SSSR count). The predicted molar refractivity (Wildman–Crippen MR) is 183 cm³/mol. The summed E-state index contributed by atoms with van der Waals surface area (Å²) in [5, 5.41) is 11.9. The number of likely N-dealkylation sites (tertiary alicyclic amines) is 1. The van der Waals surface area contributed by atoms with E-state index < -0.39 is 42.4 Å². The zero-order chi connectivity index (χ0) is 37.7. The molecule has 1 saturated carbocycles. The number of carbonyl (C=O) groups is 3. The summed E-state index contributed by atoms with van der Waals surface area (Å²) in [5.74, 6) is -1.52. The number of alkyl halides is 2. The molecule has 1 aliphatic carbocycles. The quantitative estimate of drug-likeness (QED) is 0.0746. The highest BCUT2D eigenvalue weighted by Gasteiger charge is 2.38. The minimum atomic E-state index is -3.11. The molecular weight excluding hydrogens is 729 g/mol. The van der Waals surface area contributed by atoms with Crippen molar-refractivity contribution in [1.82, 2.24) is 4.90 Å². The van der Waals surface area contributed by atoms with E-state index in [0.29, 0.717) is 29.7 Å². The number of ether oxygens (including phenoxy) is 6. The zero-order valence-electron chi connectivity index (χ0n) is 28.9. The minimum Gasteiger partial charge on any atom is -0.619 e. The van der Waals surface area contributed by atoms with E-state index in [-0.39, 0.29) is 63.1 Å². The van der Waals surface area contributed by atoms with E-state index >= 15 is 0 Å². The number of hydrogen-bond acceptors (Lipinski definition) is 10. The number of amides is 1. The molecule has 0 bridgehead atoms. The Bertz CT molecular complexity index is 1780. The van der Waals surface area contributed by atoms with Crippen LogP contribution in [-0.4, -0.2) is 61.4 Å². The average molecular weight is 768 g/mol. The molecular formula is C36H38Cl2F2N2O10. The summed E-state index contributed by atoms with van der Waals surface area (Å²) < 4.78 is 59.9. The van der Waals surface area contributed by atoms with Crippen LogP contribution in [-0.2, 0) is 20.7 Å². The minimum absolute atomic E-state index is 0.00241. The van der Waals surface area contributed by atoms with Crippen molar-refractivity contribution in [3.05, 3.63) is 80.7 Å². The molecule has 0 radical (unpaired) electrons. The van der Waals surface area contributed by atoms with Crippen molar-refractivity contribution in [1.29, 1.82) is 0 Å². The number of rotatable bonds is 13. The van der Waals surface area contributed by atoms with Gasteiger partial charge in [0.05, 0.1) is 19.3 Å². The Morgan fingerprint density at radius 3 is 2.31 bits per heavy atom. The third kappa shape index (κ3) is 10.1. The maximum absolute atomic E-state index is 13.8. The summed E-state index contributed by atoms with van der Waals surface area (Å²) in [6.45, 7) is 2.62. The molecule has 52 heavy (non-hydrogen) atoms. The third-order valence-electron chi connectivity index (χ3n) is 8.19. The van der Waals surface area contributed by atoms with Gasteiger partial charge in [-0.1, -0.05) is 29.3 Å². The highest BCUT2D eigenvalue weighted by atomic mass is 35.5. The molecule has 2 unspecified atom stereocenters. The van der Waals surface area contributed by atoms with Crippen LogP contribution in [0.4, 0.5) is 13.6 Å². The van der Waals surface area contributed by atoms with E-state index in [1.54, 1.807) is 20.8 Å². The van der Waals surface area contributed by atoms with Gasteiger partial charge in [-0.3, -0.25) is 4.90 Å². The molecule has 2 atom stereocenters. The number of halogens is 4. The molecule has 0 spiro atoms. The fraction of sp³-hybridized carbons (Fsp3) is 0.444. The summed E-state index contributed by atoms with van der Waals surface area (Å²) in [6.07, 6.45) is 3.01. The second-order valence-electron chi connectivity index (χ2n) is 13.3. The number of hydrogen-bond donors (Lipinski definition) is 0. The van der Waals surface area contributed by atoms with Gasteiger partial charge in [-0.2, -0.15) is 13.5 Å². The van der Waals surface area contributed by atoms with Crippen LogP contribution >= 0.6 is 23.2 Å². The van der Waals surface area contributed by atoms with Crippen molar-refractivity contribution in [2.45, 2.75) is 77.2 Å². The number of aromatic nitrogens is 1. The summed E-state index contributed by atoms with van der Waals surface area (Å²) in [5.41, 5.74) is -0.228. The Hall–Kier alpha value is -4.56. The van der Waals surface area contributed by atoms with Gasteiger partial charge in [0.25, 0.3) is 0 Å². The fourth-order valence-corrected chi connectivity index (χ4v) is 6.07. The maximum atomic E-state index is 13.8. The normalized spacial score (nSPS) is 16.3. The molecule has 1 amide bonds. The summed E-state index contributed by atoms with van der Waals surface area (Å²) in [7, 11) is 1.35. The molecule has 2 fully saturated rings. The van der Waals surface area contributed by atoms with E-state index in [1.165, 1.54) is 48.4 Å². The van der Waals surface area contributed by atoms with Crippen LogP contribution in [0.2, 0.25) is 10.0 Å². The van der Waals surface area contributed by atoms with Crippen LogP contribution in [0.1, 0.15) is 74.0 Å². The molecule has 280 valence electrons. The largest absolute Gasteiger partial charge is 0.619 e. The molecule has 1 saturated heterocycles. The van der Waals surface area contributed by atoms with Gasteiger partial charge >= 0.3 is 24.6 Å². The van der Waals surface area contributed by atoms with Gasteiger partial charge in [0, 0.05) is 18.5 Å². The Morgan fingerprint density at radius 1 is 0.981 bits per heavy atom. The summed E-state index contributed by atoms with van der Waals surface area (Å²) in [6, 6.07) is 7.26. The van der Waals surface area contributed by atoms with Crippen molar-refractivity contribution >= 4 is 41.2 Å². The van der Waals surface area contributed by atoms with Crippen molar-refractivity contribution in [2.75, 3.05) is 20.3 Å². The Morgan fingerprint density at radius 2 is 1.67 bits per heavy atom. The number of nitrogens with zero attached hydrogens (tertiary/aromatic N) is 2. The van der Waals surface area contributed by atoms with E-state index in [4.69, 9.17) is 46.9 Å². The molecule has 12 nitrogen and oxygen atoms in total. The first-order valence-electron chi connectivity index (χ1n) is 16.5. The van der Waals surface area contributed by atoms with Gasteiger partial charge in [0.1, 0.15) is 27.8 Å². The molecule has 2 aromatic carbocycles. The molecule has 2 heterocycles. The lowest BCUT2D eigenvalue weighted by Crippen LogP contribution is -2.44. The molecule has 0 N–H and O–H groups in total. The van der Waals surface area contributed by atoms with Crippen LogP contribution < -0.4 is 23.7 Å². The topological polar surface area (TPSA) is 137 Å². The van der Waals surface area contributed by atoms with Crippen molar-refractivity contribution < 1.29 is 56.3 Å². The molecule has 1 aliphatic heterocycles. The third-order valence-corrected chi connectivity index (χ3v) is 8.84. The van der Waals surface area contributed by atoms with E-state index in [1.807, 2.05) is 0 Å². The summed E-state index contributed by atoms with van der Waals surface area (Å²) in [4.78, 5) is 41.2. The van der Waals surface area contributed by atoms with Crippen LogP contribution in [0.5, 0.6) is 23.0 Å². The second-order valence-corrected chi connectivity index (χ2v) is 14.2. The SMILES string of the molecule is COc1ccc(C(=O)OC(Cc2c(Cl)c[n+]([O-])cc2Cl)c2ccc(OC(F)F)c(OCC3CC3)c2)cc1OC(=O)C1CCCN1C(=O)OC(C)(C)C. The number of esters is 2. The Balaban J connectivity index is 1.43. The summed E-state index contributed by atoms with van der Waals surface area (Å²) >= 11 is 12.7. The highest BCUT2D eigenvalue weighted by Crippen LogP contribution is 2.39. The van der Waals surface area contributed by atoms with E-state index in [2.05, 4.69) is 4.74 Å². The van der Waals surface area contributed by atoms with Gasteiger partial charge in [0.15, 0.2) is 35.4 Å². The first-order chi connectivity index (χ1) is 24.6. The van der Waals surface area contributed by atoms with E-state index in [0.717, 1.165) is 25.2 Å². The number of benzene rings is 2. The van der Waals surface area contributed by atoms with Crippen molar-refractivity contribution in [3.8, 4) is 23.0 Å². The molecule has 2 aliphatic rings. The van der Waals surface area contributed by atoms with Crippen molar-refractivity contribution in [2.24, 2.45) is 5.92 Å². The predicted octanol–water partition coefficient (Wildman–Crippen LogP) is 7.47. The Labute approximate surface area is 309 Å². The molecule has 1 aromatic heterocycles. The molecule has 16 heteroatoms. The lowest BCUT2D eigenvalue weighted by Gasteiger charge is -2.27. The fourth-order valence-electron chi connectivity index (χ4n) is 5.47. The second kappa shape index (κ2) is 16.4. The molecule has 3 aromatic rings. The maximum Gasteiger partial charge on any atom is 0.411 e.